The molecular formula is C21H30N2O5. The number of ether oxygens (including phenoxy) is 2. The summed E-state index contributed by atoms with van der Waals surface area (Å²) in [7, 11) is 1.38. The SMILES string of the molecule is COC(=O)[C@H](Cc1ccccc1)N1O[C@@]12CCCC[C@@H]2NC(=O)OC(C)(C)C. The minimum Gasteiger partial charge on any atom is -0.468 e. The molecule has 0 radical (unpaired) electrons. The van der Waals surface area contributed by atoms with Gasteiger partial charge in [-0.15, -0.1) is 5.06 Å². The molecule has 2 aliphatic rings. The molecule has 1 saturated carbocycles. The molecule has 1 unspecified atom stereocenters. The Balaban J connectivity index is 1.74. The molecule has 1 aliphatic heterocycles. The summed E-state index contributed by atoms with van der Waals surface area (Å²) < 4.78 is 10.4. The zero-order chi connectivity index (χ0) is 20.4. The Morgan fingerprint density at radius 3 is 2.64 bits per heavy atom. The van der Waals surface area contributed by atoms with Gasteiger partial charge < -0.3 is 14.8 Å². The Kier molecular flexibility index (Phi) is 5.95. The van der Waals surface area contributed by atoms with E-state index in [2.05, 4.69) is 5.32 Å². The Morgan fingerprint density at radius 2 is 2.00 bits per heavy atom. The molecule has 7 heteroatoms. The Morgan fingerprint density at radius 1 is 1.29 bits per heavy atom. The first kappa shape index (κ1) is 20.6. The van der Waals surface area contributed by atoms with Crippen molar-refractivity contribution in [2.45, 2.75) is 76.3 Å². The lowest BCUT2D eigenvalue weighted by molar-refractivity contribution is -0.147. The second-order valence-electron chi connectivity index (χ2n) is 8.44. The zero-order valence-electron chi connectivity index (χ0n) is 17.1. The molecule has 154 valence electrons. The van der Waals surface area contributed by atoms with E-state index < -0.39 is 23.5 Å². The third kappa shape index (κ3) is 4.64. The van der Waals surface area contributed by atoms with E-state index in [1.807, 2.05) is 51.1 Å². The molecule has 1 spiro atoms. The number of nitrogens with zero attached hydrogens (tertiary/aromatic N) is 1. The van der Waals surface area contributed by atoms with E-state index in [-0.39, 0.29) is 12.0 Å². The monoisotopic (exact) mass is 390 g/mol. The fourth-order valence-corrected chi connectivity index (χ4v) is 3.85. The van der Waals surface area contributed by atoms with E-state index in [0.717, 1.165) is 31.2 Å². The summed E-state index contributed by atoms with van der Waals surface area (Å²) in [5, 5.41) is 4.67. The van der Waals surface area contributed by atoms with Crippen LogP contribution < -0.4 is 5.32 Å². The third-order valence-corrected chi connectivity index (χ3v) is 5.14. The maximum atomic E-state index is 12.5. The van der Waals surface area contributed by atoms with Gasteiger partial charge in [-0.05, 0) is 45.6 Å². The number of nitrogens with one attached hydrogen (secondary N) is 1. The number of hydrogen-bond acceptors (Lipinski definition) is 6. The molecule has 1 aliphatic carbocycles. The number of hydroxylamine groups is 2. The average Bonchev–Trinajstić information content (AvgIpc) is 3.34. The third-order valence-electron chi connectivity index (χ3n) is 5.14. The first-order chi connectivity index (χ1) is 13.2. The van der Waals surface area contributed by atoms with Crippen LogP contribution in [0.15, 0.2) is 30.3 Å². The minimum absolute atomic E-state index is 0.237. The number of rotatable bonds is 5. The summed E-state index contributed by atoms with van der Waals surface area (Å²) in [5.41, 5.74) is -0.225. The second-order valence-corrected chi connectivity index (χ2v) is 8.44. The molecule has 1 saturated heterocycles. The van der Waals surface area contributed by atoms with Crippen LogP contribution in [0.4, 0.5) is 4.79 Å². The van der Waals surface area contributed by atoms with Gasteiger partial charge in [-0.3, -0.25) is 9.63 Å². The van der Waals surface area contributed by atoms with E-state index in [0.29, 0.717) is 6.42 Å². The topological polar surface area (TPSA) is 80.2 Å². The standard InChI is InChI=1S/C21H30N2O5/c1-20(2,3)27-19(25)22-17-12-8-9-13-21(17)23(28-21)16(18(24)26-4)14-15-10-6-5-7-11-15/h5-7,10-11,16-17H,8-9,12-14H2,1-4H3,(H,22,25)/t16-,17-,21+,23?/m0/s1. The number of methoxy groups -OCH3 is 1. The fourth-order valence-electron chi connectivity index (χ4n) is 3.85. The quantitative estimate of drug-likeness (QED) is 0.614. The highest BCUT2D eigenvalue weighted by Crippen LogP contribution is 2.49. The molecule has 4 atom stereocenters. The summed E-state index contributed by atoms with van der Waals surface area (Å²) in [6, 6.07) is 8.97. The maximum absolute atomic E-state index is 12.5. The van der Waals surface area contributed by atoms with Crippen molar-refractivity contribution in [3.05, 3.63) is 35.9 Å². The highest BCUT2D eigenvalue weighted by Gasteiger charge is 2.65. The van der Waals surface area contributed by atoms with Gasteiger partial charge in [-0.2, -0.15) is 0 Å². The van der Waals surface area contributed by atoms with Gasteiger partial charge >= 0.3 is 12.1 Å². The van der Waals surface area contributed by atoms with Crippen LogP contribution in [0.25, 0.3) is 0 Å². The van der Waals surface area contributed by atoms with Gasteiger partial charge in [0.1, 0.15) is 11.6 Å². The van der Waals surface area contributed by atoms with Crippen LogP contribution in [-0.4, -0.2) is 47.6 Å². The Hall–Kier alpha value is -2.12. The number of carbonyl (C=O) groups is 2. The van der Waals surface area contributed by atoms with Crippen LogP contribution in [-0.2, 0) is 25.5 Å². The van der Waals surface area contributed by atoms with Crippen molar-refractivity contribution < 1.29 is 23.9 Å². The summed E-state index contributed by atoms with van der Waals surface area (Å²) in [6.45, 7) is 5.49. The van der Waals surface area contributed by atoms with Crippen LogP contribution in [0.2, 0.25) is 0 Å². The average molecular weight is 390 g/mol. The number of esters is 1. The van der Waals surface area contributed by atoms with Crippen molar-refractivity contribution in [3.63, 3.8) is 0 Å². The molecule has 7 nitrogen and oxygen atoms in total. The predicted molar refractivity (Wildman–Crippen MR) is 103 cm³/mol. The molecule has 1 amide bonds. The van der Waals surface area contributed by atoms with Gasteiger partial charge in [-0.25, -0.2) is 4.79 Å². The van der Waals surface area contributed by atoms with Gasteiger partial charge in [0.15, 0.2) is 5.72 Å². The molecule has 3 rings (SSSR count). The molecule has 2 fully saturated rings. The highest BCUT2D eigenvalue weighted by molar-refractivity contribution is 5.76. The normalized spacial score (nSPS) is 27.7. The van der Waals surface area contributed by atoms with Gasteiger partial charge in [0, 0.05) is 6.42 Å². The Labute approximate surface area is 166 Å². The largest absolute Gasteiger partial charge is 0.468 e. The molecular weight excluding hydrogens is 360 g/mol. The minimum atomic E-state index is -0.678. The Bertz CT molecular complexity index is 702. The lowest BCUT2D eigenvalue weighted by Crippen LogP contribution is -2.52. The maximum Gasteiger partial charge on any atom is 0.408 e. The van der Waals surface area contributed by atoms with Gasteiger partial charge in [0.25, 0.3) is 0 Å². The van der Waals surface area contributed by atoms with Gasteiger partial charge in [-0.1, -0.05) is 36.8 Å². The van der Waals surface area contributed by atoms with Crippen LogP contribution in [0.5, 0.6) is 0 Å². The molecule has 1 aromatic carbocycles. The van der Waals surface area contributed by atoms with E-state index >= 15 is 0 Å². The van der Waals surface area contributed by atoms with Crippen molar-refractivity contribution in [2.75, 3.05) is 7.11 Å². The fraction of sp³-hybridized carbons (Fsp3) is 0.619. The number of carbonyl (C=O) groups excluding carboxylic acids is 2. The highest BCUT2D eigenvalue weighted by atomic mass is 16.9. The predicted octanol–water partition coefficient (Wildman–Crippen LogP) is 3.18. The van der Waals surface area contributed by atoms with Crippen molar-refractivity contribution in [3.8, 4) is 0 Å². The summed E-state index contributed by atoms with van der Waals surface area (Å²) in [4.78, 5) is 30.8. The van der Waals surface area contributed by atoms with Crippen molar-refractivity contribution in [2.24, 2.45) is 0 Å². The first-order valence-corrected chi connectivity index (χ1v) is 9.85. The van der Waals surface area contributed by atoms with E-state index in [1.165, 1.54) is 7.11 Å². The molecule has 1 N–H and O–H groups in total. The number of hydrogen-bond donors (Lipinski definition) is 1. The summed E-state index contributed by atoms with van der Waals surface area (Å²) >= 11 is 0. The summed E-state index contributed by atoms with van der Waals surface area (Å²) in [5.74, 6) is -0.345. The van der Waals surface area contributed by atoms with Crippen molar-refractivity contribution >= 4 is 12.1 Å². The van der Waals surface area contributed by atoms with Crippen LogP contribution in [0.3, 0.4) is 0 Å². The molecule has 0 bridgehead atoms. The van der Waals surface area contributed by atoms with E-state index in [1.54, 1.807) is 5.06 Å². The molecule has 28 heavy (non-hydrogen) atoms. The van der Waals surface area contributed by atoms with Crippen LogP contribution in [0.1, 0.15) is 52.0 Å². The molecule has 1 heterocycles. The van der Waals surface area contributed by atoms with Gasteiger partial charge in [0.2, 0.25) is 0 Å². The second kappa shape index (κ2) is 8.09. The van der Waals surface area contributed by atoms with E-state index in [4.69, 9.17) is 14.3 Å². The van der Waals surface area contributed by atoms with Gasteiger partial charge in [0.05, 0.1) is 13.2 Å². The summed E-state index contributed by atoms with van der Waals surface area (Å²) in [6.07, 6.45) is 3.49. The number of benzene rings is 1. The lowest BCUT2D eigenvalue weighted by atomic mass is 9.87. The van der Waals surface area contributed by atoms with Crippen molar-refractivity contribution in [1.82, 2.24) is 10.4 Å². The van der Waals surface area contributed by atoms with Crippen molar-refractivity contribution in [1.29, 1.82) is 0 Å². The molecule has 0 aromatic heterocycles. The smallest absolute Gasteiger partial charge is 0.408 e. The lowest BCUT2D eigenvalue weighted by Gasteiger charge is -2.31. The molecule has 1 aromatic rings. The van der Waals surface area contributed by atoms with Crippen LogP contribution in [0, 0.1) is 0 Å². The van der Waals surface area contributed by atoms with Crippen LogP contribution >= 0.6 is 0 Å². The first-order valence-electron chi connectivity index (χ1n) is 9.85. The number of amides is 1. The zero-order valence-corrected chi connectivity index (χ0v) is 17.1. The number of alkyl carbamates (subject to hydrolysis) is 1. The van der Waals surface area contributed by atoms with E-state index in [9.17, 15) is 9.59 Å².